The van der Waals surface area contributed by atoms with Gasteiger partial charge >= 0.3 is 17.9 Å². The van der Waals surface area contributed by atoms with Gasteiger partial charge in [-0.3, -0.25) is 14.4 Å². The first kappa shape index (κ1) is 32.4. The van der Waals surface area contributed by atoms with Crippen LogP contribution in [0.15, 0.2) is 42.6 Å². The number of benzene rings is 1. The molecule has 1 aliphatic rings. The number of hydrogen-bond acceptors (Lipinski definition) is 10. The van der Waals surface area contributed by atoms with Crippen LogP contribution >= 0.6 is 0 Å². The van der Waals surface area contributed by atoms with Gasteiger partial charge in [-0.2, -0.15) is 0 Å². The second-order valence-electron chi connectivity index (χ2n) is 10.9. The number of ether oxygens (including phenoxy) is 5. The molecule has 0 bridgehead atoms. The summed E-state index contributed by atoms with van der Waals surface area (Å²) in [5, 5.41) is 2.55. The lowest BCUT2D eigenvalue weighted by atomic mass is 9.91. The van der Waals surface area contributed by atoms with Gasteiger partial charge in [-0.05, 0) is 31.2 Å². The van der Waals surface area contributed by atoms with Crippen LogP contribution in [0, 0.1) is 17.8 Å². The van der Waals surface area contributed by atoms with Crippen LogP contribution in [0.1, 0.15) is 57.1 Å². The first-order valence-corrected chi connectivity index (χ1v) is 14.1. The zero-order valence-corrected chi connectivity index (χ0v) is 25.0. The fraction of sp³-hybridized carbons (Fsp3) is 0.516. The molecule has 1 aromatic heterocycles. The molecule has 228 valence electrons. The molecule has 1 fully saturated rings. The highest BCUT2D eigenvalue weighted by atomic mass is 16.6. The lowest BCUT2D eigenvalue weighted by Crippen LogP contribution is -2.47. The van der Waals surface area contributed by atoms with E-state index in [-0.39, 0.29) is 17.9 Å². The zero-order chi connectivity index (χ0) is 30.8. The molecular weight excluding hydrogens is 544 g/mol. The number of esters is 3. The second-order valence-corrected chi connectivity index (χ2v) is 10.9. The third-order valence-corrected chi connectivity index (χ3v) is 6.71. The molecular formula is C31H40N2O9. The van der Waals surface area contributed by atoms with Crippen LogP contribution in [0.25, 0.3) is 0 Å². The van der Waals surface area contributed by atoms with E-state index in [4.69, 9.17) is 23.7 Å². The summed E-state index contributed by atoms with van der Waals surface area (Å²) in [6.45, 7) is 8.77. The van der Waals surface area contributed by atoms with Crippen LogP contribution in [-0.2, 0) is 35.0 Å². The predicted molar refractivity (Wildman–Crippen MR) is 152 cm³/mol. The van der Waals surface area contributed by atoms with Crippen molar-refractivity contribution in [2.24, 2.45) is 17.8 Å². The molecule has 11 heteroatoms. The molecule has 0 spiro atoms. The summed E-state index contributed by atoms with van der Waals surface area (Å²) in [4.78, 5) is 56.7. The minimum Gasteiger partial charge on any atom is -0.493 e. The Morgan fingerprint density at radius 3 is 2.43 bits per heavy atom. The minimum absolute atomic E-state index is 0.101. The highest BCUT2D eigenvalue weighted by Gasteiger charge is 2.42. The Morgan fingerprint density at radius 2 is 1.79 bits per heavy atom. The summed E-state index contributed by atoms with van der Waals surface area (Å²) in [6, 6.07) is 9.37. The Balaban J connectivity index is 1.86. The van der Waals surface area contributed by atoms with Crippen molar-refractivity contribution in [3.05, 3.63) is 53.9 Å². The number of rotatable bonds is 11. The van der Waals surface area contributed by atoms with Crippen molar-refractivity contribution in [2.75, 3.05) is 20.3 Å². The average molecular weight is 585 g/mol. The molecule has 1 aliphatic heterocycles. The summed E-state index contributed by atoms with van der Waals surface area (Å²) in [5.41, 5.74) is 0.706. The van der Waals surface area contributed by atoms with Gasteiger partial charge in [0.15, 0.2) is 29.3 Å². The SMILES string of the molecule is COc1ccnc(C(=O)N[C@H]2COC(=O)[C@H](Cc3ccccc3)[C@@H](OC(=O)C(C)C)[C@H](C)OC2=O)c1OCCC(C)C. The largest absolute Gasteiger partial charge is 0.493 e. The van der Waals surface area contributed by atoms with E-state index >= 15 is 0 Å². The van der Waals surface area contributed by atoms with E-state index in [1.807, 2.05) is 44.2 Å². The third kappa shape index (κ3) is 8.67. The first-order valence-electron chi connectivity index (χ1n) is 14.1. The smallest absolute Gasteiger partial charge is 0.332 e. The standard InChI is InChI=1S/C31H40N2O9/c1-18(2)13-15-39-27-24(38-6)12-14-32-25(27)28(34)33-23-17-40-30(36)22(16-21-10-8-7-9-11-21)26(20(5)41-31(23)37)42-29(35)19(3)4/h7-12,14,18-20,22-23,26H,13,15-17H2,1-6H3,(H,33,34)/t20-,22+,23-,26-/m0/s1. The molecule has 11 nitrogen and oxygen atoms in total. The third-order valence-electron chi connectivity index (χ3n) is 6.71. The molecule has 0 saturated carbocycles. The zero-order valence-electron chi connectivity index (χ0n) is 25.0. The van der Waals surface area contributed by atoms with E-state index in [1.165, 1.54) is 20.2 Å². The normalized spacial score (nSPS) is 21.0. The van der Waals surface area contributed by atoms with E-state index in [1.54, 1.807) is 19.9 Å². The Hall–Kier alpha value is -4.15. The summed E-state index contributed by atoms with van der Waals surface area (Å²) in [5.74, 6) is -3.50. The Labute approximate surface area is 246 Å². The number of aromatic nitrogens is 1. The fourth-order valence-electron chi connectivity index (χ4n) is 4.27. The first-order chi connectivity index (χ1) is 20.0. The summed E-state index contributed by atoms with van der Waals surface area (Å²) >= 11 is 0. The van der Waals surface area contributed by atoms with Crippen molar-refractivity contribution in [2.45, 2.75) is 65.7 Å². The van der Waals surface area contributed by atoms with Gasteiger partial charge in [0.2, 0.25) is 0 Å². The Kier molecular flexibility index (Phi) is 11.7. The highest BCUT2D eigenvalue weighted by molar-refractivity contribution is 5.98. The highest BCUT2D eigenvalue weighted by Crippen LogP contribution is 2.30. The fourth-order valence-corrected chi connectivity index (χ4v) is 4.27. The van der Waals surface area contributed by atoms with Crippen LogP contribution in [0.5, 0.6) is 11.5 Å². The lowest BCUT2D eigenvalue weighted by molar-refractivity contribution is -0.176. The topological polar surface area (TPSA) is 139 Å². The number of nitrogens with zero attached hydrogens (tertiary/aromatic N) is 1. The van der Waals surface area contributed by atoms with E-state index in [0.717, 1.165) is 12.0 Å². The molecule has 1 saturated heterocycles. The van der Waals surface area contributed by atoms with Crippen LogP contribution in [-0.4, -0.2) is 67.4 Å². The molecule has 42 heavy (non-hydrogen) atoms. The van der Waals surface area contributed by atoms with Crippen LogP contribution < -0.4 is 14.8 Å². The van der Waals surface area contributed by atoms with Crippen molar-refractivity contribution >= 4 is 23.8 Å². The molecule has 0 aliphatic carbocycles. The molecule has 3 rings (SSSR count). The number of cyclic esters (lactones) is 2. The molecule has 2 aromatic rings. The van der Waals surface area contributed by atoms with Crippen LogP contribution in [0.3, 0.4) is 0 Å². The number of pyridine rings is 1. The van der Waals surface area contributed by atoms with E-state index in [0.29, 0.717) is 18.3 Å². The Bertz CT molecular complexity index is 1230. The summed E-state index contributed by atoms with van der Waals surface area (Å²) in [7, 11) is 1.44. The lowest BCUT2D eigenvalue weighted by Gasteiger charge is -2.29. The number of carbonyl (C=O) groups excluding carboxylic acids is 4. The van der Waals surface area contributed by atoms with Crippen molar-refractivity contribution in [1.82, 2.24) is 10.3 Å². The number of methoxy groups -OCH3 is 1. The number of carbonyl (C=O) groups is 4. The van der Waals surface area contributed by atoms with Crippen LogP contribution in [0.4, 0.5) is 0 Å². The van der Waals surface area contributed by atoms with Crippen molar-refractivity contribution in [3.8, 4) is 11.5 Å². The van der Waals surface area contributed by atoms with Gasteiger partial charge in [0.1, 0.15) is 18.6 Å². The number of hydrogen-bond donors (Lipinski definition) is 1. The minimum atomic E-state index is -1.36. The maximum Gasteiger partial charge on any atom is 0.332 e. The van der Waals surface area contributed by atoms with Crippen LogP contribution in [0.2, 0.25) is 0 Å². The molecule has 1 aromatic carbocycles. The summed E-state index contributed by atoms with van der Waals surface area (Å²) in [6.07, 6.45) is 0.151. The maximum atomic E-state index is 13.4. The van der Waals surface area contributed by atoms with Gasteiger partial charge < -0.3 is 29.0 Å². The van der Waals surface area contributed by atoms with E-state index < -0.39 is 60.5 Å². The molecule has 2 heterocycles. The second kappa shape index (κ2) is 15.2. The molecule has 0 radical (unpaired) electrons. The molecule has 0 unspecified atom stereocenters. The van der Waals surface area contributed by atoms with Gasteiger partial charge in [0.05, 0.1) is 19.6 Å². The van der Waals surface area contributed by atoms with Gasteiger partial charge in [-0.1, -0.05) is 58.0 Å². The predicted octanol–water partition coefficient (Wildman–Crippen LogP) is 3.53. The Morgan fingerprint density at radius 1 is 1.07 bits per heavy atom. The van der Waals surface area contributed by atoms with Crippen molar-refractivity contribution in [1.29, 1.82) is 0 Å². The maximum absolute atomic E-state index is 13.4. The van der Waals surface area contributed by atoms with Crippen molar-refractivity contribution < 1.29 is 42.9 Å². The number of nitrogens with one attached hydrogen (secondary N) is 1. The van der Waals surface area contributed by atoms with Gasteiger partial charge in [-0.15, -0.1) is 0 Å². The average Bonchev–Trinajstić information content (AvgIpc) is 2.99. The monoisotopic (exact) mass is 584 g/mol. The molecule has 1 N–H and O–H groups in total. The van der Waals surface area contributed by atoms with Crippen molar-refractivity contribution in [3.63, 3.8) is 0 Å². The molecule has 4 atom stereocenters. The van der Waals surface area contributed by atoms with E-state index in [2.05, 4.69) is 10.3 Å². The van der Waals surface area contributed by atoms with E-state index in [9.17, 15) is 19.2 Å². The summed E-state index contributed by atoms with van der Waals surface area (Å²) < 4.78 is 28.1. The molecule has 1 amide bonds. The van der Waals surface area contributed by atoms with Gasteiger partial charge in [-0.25, -0.2) is 9.78 Å². The van der Waals surface area contributed by atoms with Gasteiger partial charge in [0.25, 0.3) is 5.91 Å². The number of amides is 1. The van der Waals surface area contributed by atoms with Gasteiger partial charge in [0, 0.05) is 12.3 Å². The quantitative estimate of drug-likeness (QED) is 0.308.